The molecule has 1 aromatic rings. The number of hydrogen-bond donors (Lipinski definition) is 1. The van der Waals surface area contributed by atoms with Gasteiger partial charge in [-0.15, -0.1) is 5.92 Å². The molecular weight excluding hydrogens is 266 g/mol. The molecule has 1 N–H and O–H groups in total. The van der Waals surface area contributed by atoms with Gasteiger partial charge in [-0.25, -0.2) is 0 Å². The molecular formula is C15H16F2O3. The second-order valence-corrected chi connectivity index (χ2v) is 4.64. The lowest BCUT2D eigenvalue weighted by Gasteiger charge is -2.14. The summed E-state index contributed by atoms with van der Waals surface area (Å²) in [6.45, 7) is -0.829. The van der Waals surface area contributed by atoms with Crippen LogP contribution in [0.4, 0.5) is 8.78 Å². The molecule has 20 heavy (non-hydrogen) atoms. The minimum absolute atomic E-state index is 0.0268. The quantitative estimate of drug-likeness (QED) is 0.815. The first-order chi connectivity index (χ1) is 9.60. The summed E-state index contributed by atoms with van der Waals surface area (Å²) in [5.41, 5.74) is 0.492. The molecule has 0 heterocycles. The van der Waals surface area contributed by atoms with E-state index in [-0.39, 0.29) is 11.5 Å². The molecule has 1 aliphatic carbocycles. The van der Waals surface area contributed by atoms with Crippen molar-refractivity contribution < 1.29 is 23.4 Å². The maximum absolute atomic E-state index is 12.3. The van der Waals surface area contributed by atoms with Crippen molar-refractivity contribution in [1.29, 1.82) is 0 Å². The van der Waals surface area contributed by atoms with Crippen molar-refractivity contribution in [3.05, 3.63) is 23.8 Å². The predicted molar refractivity (Wildman–Crippen MR) is 69.7 cm³/mol. The summed E-state index contributed by atoms with van der Waals surface area (Å²) in [6.07, 6.45) is 1.22. The fourth-order valence-electron chi connectivity index (χ4n) is 1.71. The molecule has 1 aromatic carbocycles. The Labute approximate surface area is 116 Å². The van der Waals surface area contributed by atoms with Crippen molar-refractivity contribution in [3.8, 4) is 23.3 Å². The van der Waals surface area contributed by atoms with Crippen LogP contribution in [0.25, 0.3) is 0 Å². The Morgan fingerprint density at radius 1 is 1.35 bits per heavy atom. The summed E-state index contributed by atoms with van der Waals surface area (Å²) in [6, 6.07) is 4.36. The van der Waals surface area contributed by atoms with Crippen molar-refractivity contribution in [3.63, 3.8) is 0 Å². The van der Waals surface area contributed by atoms with Gasteiger partial charge in [0.25, 0.3) is 0 Å². The molecule has 0 radical (unpaired) electrons. The normalized spacial score (nSPS) is 15.4. The van der Waals surface area contributed by atoms with Crippen LogP contribution in [-0.4, -0.2) is 18.3 Å². The lowest BCUT2D eigenvalue weighted by molar-refractivity contribution is -0.0515. The lowest BCUT2D eigenvalue weighted by Crippen LogP contribution is -2.07. The number of aliphatic hydroxyl groups excluding tert-OH is 1. The molecule has 3 nitrogen and oxygen atoms in total. The second kappa shape index (κ2) is 6.58. The molecule has 0 bridgehead atoms. The summed E-state index contributed by atoms with van der Waals surface area (Å²) in [5, 5.41) is 9.79. The standard InChI is InChI=1S/C15H16F2O3/c1-2-3-12(18)11-6-7-13(20-15(16)17)14(8-11)19-9-10-4-5-10/h6-8,10,12,15,18H,4-5,9H2,1H3. The van der Waals surface area contributed by atoms with Crippen LogP contribution >= 0.6 is 0 Å². The topological polar surface area (TPSA) is 38.7 Å². The monoisotopic (exact) mass is 282 g/mol. The van der Waals surface area contributed by atoms with Gasteiger partial charge >= 0.3 is 6.61 Å². The van der Waals surface area contributed by atoms with Gasteiger partial charge in [0.2, 0.25) is 0 Å². The number of ether oxygens (including phenoxy) is 2. The highest BCUT2D eigenvalue weighted by Gasteiger charge is 2.23. The average molecular weight is 282 g/mol. The van der Waals surface area contributed by atoms with E-state index in [1.54, 1.807) is 6.92 Å². The van der Waals surface area contributed by atoms with Gasteiger partial charge in [0, 0.05) is 0 Å². The first-order valence-corrected chi connectivity index (χ1v) is 6.42. The summed E-state index contributed by atoms with van der Waals surface area (Å²) in [5.74, 6) is 5.86. The zero-order valence-corrected chi connectivity index (χ0v) is 11.1. The van der Waals surface area contributed by atoms with Gasteiger partial charge in [-0.2, -0.15) is 8.78 Å². The van der Waals surface area contributed by atoms with Crippen LogP contribution in [0.2, 0.25) is 0 Å². The summed E-state index contributed by atoms with van der Waals surface area (Å²) in [7, 11) is 0. The number of aliphatic hydroxyl groups is 1. The molecule has 0 spiro atoms. The number of halogens is 2. The largest absolute Gasteiger partial charge is 0.489 e. The molecule has 1 unspecified atom stereocenters. The van der Waals surface area contributed by atoms with Gasteiger partial charge in [-0.05, 0) is 43.4 Å². The van der Waals surface area contributed by atoms with E-state index >= 15 is 0 Å². The molecule has 2 rings (SSSR count). The number of benzene rings is 1. The smallest absolute Gasteiger partial charge is 0.387 e. The molecule has 0 aliphatic heterocycles. The number of alkyl halides is 2. The minimum Gasteiger partial charge on any atom is -0.489 e. The molecule has 1 saturated carbocycles. The maximum atomic E-state index is 12.3. The first kappa shape index (κ1) is 14.6. The summed E-state index contributed by atoms with van der Waals surface area (Å²) in [4.78, 5) is 0. The van der Waals surface area contributed by atoms with E-state index in [4.69, 9.17) is 4.74 Å². The molecule has 1 atom stereocenters. The van der Waals surface area contributed by atoms with Crippen LogP contribution in [-0.2, 0) is 0 Å². The highest BCUT2D eigenvalue weighted by molar-refractivity contribution is 5.44. The van der Waals surface area contributed by atoms with Crippen LogP contribution in [0.1, 0.15) is 31.4 Å². The fraction of sp³-hybridized carbons (Fsp3) is 0.467. The third-order valence-electron chi connectivity index (χ3n) is 2.95. The minimum atomic E-state index is -2.91. The van der Waals surface area contributed by atoms with E-state index in [9.17, 15) is 13.9 Å². The summed E-state index contributed by atoms with van der Waals surface area (Å²) < 4.78 is 34.6. The average Bonchev–Trinajstić information content (AvgIpc) is 3.21. The molecule has 1 aliphatic rings. The molecule has 0 amide bonds. The first-order valence-electron chi connectivity index (χ1n) is 6.42. The Balaban J connectivity index is 2.18. The van der Waals surface area contributed by atoms with Crippen LogP contribution < -0.4 is 9.47 Å². The SMILES string of the molecule is CC#CC(O)c1ccc(OC(F)F)c(OCC2CC2)c1. The van der Waals surface area contributed by atoms with Gasteiger partial charge in [0.15, 0.2) is 11.5 Å². The van der Waals surface area contributed by atoms with Crippen molar-refractivity contribution >= 4 is 0 Å². The zero-order valence-electron chi connectivity index (χ0n) is 11.1. The van der Waals surface area contributed by atoms with Crippen LogP contribution in [0.5, 0.6) is 11.5 Å². The van der Waals surface area contributed by atoms with E-state index in [1.807, 2.05) is 0 Å². The van der Waals surface area contributed by atoms with Crippen LogP contribution in [0.3, 0.4) is 0 Å². The van der Waals surface area contributed by atoms with Gasteiger partial charge in [-0.1, -0.05) is 12.0 Å². The number of hydrogen-bond acceptors (Lipinski definition) is 3. The molecule has 0 aromatic heterocycles. The van der Waals surface area contributed by atoms with Gasteiger partial charge in [0.05, 0.1) is 6.61 Å². The van der Waals surface area contributed by atoms with Crippen molar-refractivity contribution in [2.24, 2.45) is 5.92 Å². The Kier molecular flexibility index (Phi) is 4.80. The number of rotatable bonds is 6. The highest BCUT2D eigenvalue weighted by Crippen LogP contribution is 2.35. The Morgan fingerprint density at radius 3 is 2.70 bits per heavy atom. The third kappa shape index (κ3) is 4.10. The molecule has 5 heteroatoms. The van der Waals surface area contributed by atoms with Gasteiger partial charge in [-0.3, -0.25) is 0 Å². The van der Waals surface area contributed by atoms with Crippen molar-refractivity contribution in [1.82, 2.24) is 0 Å². The Hall–Kier alpha value is -1.80. The van der Waals surface area contributed by atoms with Crippen LogP contribution in [0.15, 0.2) is 18.2 Å². The van der Waals surface area contributed by atoms with E-state index < -0.39 is 12.7 Å². The fourth-order valence-corrected chi connectivity index (χ4v) is 1.71. The molecule has 108 valence electrons. The van der Waals surface area contributed by atoms with E-state index in [0.29, 0.717) is 18.1 Å². The van der Waals surface area contributed by atoms with E-state index in [1.165, 1.54) is 18.2 Å². The zero-order chi connectivity index (χ0) is 14.5. The highest BCUT2D eigenvalue weighted by atomic mass is 19.3. The third-order valence-corrected chi connectivity index (χ3v) is 2.95. The van der Waals surface area contributed by atoms with E-state index in [2.05, 4.69) is 16.6 Å². The second-order valence-electron chi connectivity index (χ2n) is 4.64. The van der Waals surface area contributed by atoms with Gasteiger partial charge < -0.3 is 14.6 Å². The van der Waals surface area contributed by atoms with Crippen LogP contribution in [0, 0.1) is 17.8 Å². The summed E-state index contributed by atoms with van der Waals surface area (Å²) >= 11 is 0. The Bertz CT molecular complexity index is 516. The van der Waals surface area contributed by atoms with Gasteiger partial charge in [0.1, 0.15) is 6.10 Å². The molecule has 0 saturated heterocycles. The van der Waals surface area contributed by atoms with E-state index in [0.717, 1.165) is 12.8 Å². The molecule has 1 fully saturated rings. The lowest BCUT2D eigenvalue weighted by atomic mass is 10.1. The van der Waals surface area contributed by atoms with Crippen molar-refractivity contribution in [2.45, 2.75) is 32.5 Å². The van der Waals surface area contributed by atoms with Crippen molar-refractivity contribution in [2.75, 3.05) is 6.61 Å². The Morgan fingerprint density at radius 2 is 2.10 bits per heavy atom. The predicted octanol–water partition coefficient (Wildman–Crippen LogP) is 3.13. The maximum Gasteiger partial charge on any atom is 0.387 e.